The van der Waals surface area contributed by atoms with Crippen LogP contribution in [0.3, 0.4) is 0 Å². The number of sulfonamides is 1. The molecule has 0 unspecified atom stereocenters. The van der Waals surface area contributed by atoms with E-state index in [9.17, 15) is 18.0 Å². The molecule has 0 aromatic heterocycles. The van der Waals surface area contributed by atoms with Crippen LogP contribution in [0.1, 0.15) is 43.4 Å². The molecule has 2 amide bonds. The molecule has 0 fully saturated rings. The smallest absolute Gasteiger partial charge is 0.264 e. The summed E-state index contributed by atoms with van der Waals surface area (Å²) in [7, 11) is -4.09. The number of hydrogen-bond donors (Lipinski definition) is 1. The summed E-state index contributed by atoms with van der Waals surface area (Å²) in [5, 5.41) is 2.91. The van der Waals surface area contributed by atoms with Crippen LogP contribution in [0.15, 0.2) is 82.6 Å². The van der Waals surface area contributed by atoms with Gasteiger partial charge in [-0.25, -0.2) is 8.42 Å². The molecule has 40 heavy (non-hydrogen) atoms. The van der Waals surface area contributed by atoms with Gasteiger partial charge in [0.25, 0.3) is 10.0 Å². The number of carbonyl (C=O) groups excluding carboxylic acids is 2. The second-order valence-electron chi connectivity index (χ2n) is 9.85. The van der Waals surface area contributed by atoms with Crippen molar-refractivity contribution in [3.63, 3.8) is 0 Å². The number of anilines is 1. The van der Waals surface area contributed by atoms with Gasteiger partial charge in [0.2, 0.25) is 11.8 Å². The summed E-state index contributed by atoms with van der Waals surface area (Å²) >= 11 is 1.52. The van der Waals surface area contributed by atoms with Crippen LogP contribution in [-0.2, 0) is 26.2 Å². The van der Waals surface area contributed by atoms with Gasteiger partial charge in [0.15, 0.2) is 0 Å². The van der Waals surface area contributed by atoms with E-state index in [1.165, 1.54) is 16.7 Å². The minimum absolute atomic E-state index is 0.0919. The Bertz CT molecular complexity index is 1390. The lowest BCUT2D eigenvalue weighted by atomic mass is 10.1. The third-order valence-electron chi connectivity index (χ3n) is 6.68. The second kappa shape index (κ2) is 14.4. The maximum absolute atomic E-state index is 14.0. The highest BCUT2D eigenvalue weighted by Crippen LogP contribution is 2.26. The standard InChI is InChI=1S/C31H39N3O4S2/c1-6-7-19-32-31(36)25(4)33(21-26-10-8-9-24(3)20-26)30(35)22-34(27-13-11-23(2)12-14-27)40(37,38)29-17-15-28(39-5)16-18-29/h8-18,20,25H,6-7,19,21-22H2,1-5H3,(H,32,36)/t25-/m0/s1. The molecule has 0 aliphatic rings. The summed E-state index contributed by atoms with van der Waals surface area (Å²) in [6.45, 7) is 7.84. The molecule has 214 valence electrons. The van der Waals surface area contributed by atoms with E-state index in [0.717, 1.165) is 38.7 Å². The Labute approximate surface area is 243 Å². The summed E-state index contributed by atoms with van der Waals surface area (Å²) in [6.07, 6.45) is 3.68. The number of carbonyl (C=O) groups is 2. The van der Waals surface area contributed by atoms with Gasteiger partial charge in [-0.3, -0.25) is 13.9 Å². The fraction of sp³-hybridized carbons (Fsp3) is 0.355. The number of rotatable bonds is 13. The van der Waals surface area contributed by atoms with Gasteiger partial charge >= 0.3 is 0 Å². The highest BCUT2D eigenvalue weighted by Gasteiger charge is 2.32. The fourth-order valence-corrected chi connectivity index (χ4v) is 6.06. The zero-order valence-corrected chi connectivity index (χ0v) is 25.5. The lowest BCUT2D eigenvalue weighted by Crippen LogP contribution is -2.51. The van der Waals surface area contributed by atoms with Gasteiger partial charge in [-0.15, -0.1) is 11.8 Å². The summed E-state index contributed by atoms with van der Waals surface area (Å²) in [4.78, 5) is 29.5. The molecule has 1 atom stereocenters. The minimum atomic E-state index is -4.09. The lowest BCUT2D eigenvalue weighted by Gasteiger charge is -2.32. The summed E-state index contributed by atoms with van der Waals surface area (Å²) in [6, 6.07) is 20.6. The van der Waals surface area contributed by atoms with Crippen molar-refractivity contribution in [2.45, 2.75) is 62.9 Å². The number of unbranched alkanes of at least 4 members (excludes halogenated alkanes) is 1. The van der Waals surface area contributed by atoms with E-state index in [-0.39, 0.29) is 17.3 Å². The van der Waals surface area contributed by atoms with E-state index in [1.807, 2.05) is 63.4 Å². The van der Waals surface area contributed by atoms with Crippen molar-refractivity contribution in [3.05, 3.63) is 89.5 Å². The number of benzene rings is 3. The van der Waals surface area contributed by atoms with E-state index < -0.39 is 28.5 Å². The Balaban J connectivity index is 2.00. The molecule has 3 aromatic carbocycles. The van der Waals surface area contributed by atoms with Gasteiger partial charge in [-0.2, -0.15) is 0 Å². The molecular weight excluding hydrogens is 542 g/mol. The zero-order valence-electron chi connectivity index (χ0n) is 23.9. The van der Waals surface area contributed by atoms with Crippen molar-refractivity contribution < 1.29 is 18.0 Å². The fourth-order valence-electron chi connectivity index (χ4n) is 4.24. The average molecular weight is 582 g/mol. The first-order valence-electron chi connectivity index (χ1n) is 13.4. The molecule has 0 aliphatic carbocycles. The van der Waals surface area contributed by atoms with Crippen LogP contribution in [0, 0.1) is 13.8 Å². The number of nitrogens with one attached hydrogen (secondary N) is 1. The maximum atomic E-state index is 14.0. The van der Waals surface area contributed by atoms with E-state index >= 15 is 0 Å². The Kier molecular flexibility index (Phi) is 11.2. The molecule has 3 aromatic rings. The molecule has 0 saturated heterocycles. The predicted molar refractivity (Wildman–Crippen MR) is 163 cm³/mol. The topological polar surface area (TPSA) is 86.8 Å². The monoisotopic (exact) mass is 581 g/mol. The van der Waals surface area contributed by atoms with Crippen LogP contribution in [0.4, 0.5) is 5.69 Å². The third-order valence-corrected chi connectivity index (χ3v) is 9.21. The van der Waals surface area contributed by atoms with E-state index in [4.69, 9.17) is 0 Å². The average Bonchev–Trinajstić information content (AvgIpc) is 2.94. The molecule has 3 rings (SSSR count). The first-order chi connectivity index (χ1) is 19.1. The number of thioether (sulfide) groups is 1. The Morgan fingerprint density at radius 1 is 0.950 bits per heavy atom. The van der Waals surface area contributed by atoms with E-state index in [0.29, 0.717) is 12.2 Å². The van der Waals surface area contributed by atoms with Crippen LogP contribution in [0.2, 0.25) is 0 Å². The van der Waals surface area contributed by atoms with Gasteiger partial charge in [0.05, 0.1) is 10.6 Å². The molecule has 9 heteroatoms. The van der Waals surface area contributed by atoms with Gasteiger partial charge in [0.1, 0.15) is 12.6 Å². The number of amides is 2. The highest BCUT2D eigenvalue weighted by molar-refractivity contribution is 7.98. The van der Waals surface area contributed by atoms with Crippen LogP contribution in [0.5, 0.6) is 0 Å². The van der Waals surface area contributed by atoms with E-state index in [2.05, 4.69) is 5.32 Å². The van der Waals surface area contributed by atoms with Crippen molar-refractivity contribution in [1.82, 2.24) is 10.2 Å². The van der Waals surface area contributed by atoms with Gasteiger partial charge in [-0.05, 0) is 75.4 Å². The summed E-state index contributed by atoms with van der Waals surface area (Å²) in [5.41, 5.74) is 3.24. The molecule has 7 nitrogen and oxygen atoms in total. The molecule has 0 bridgehead atoms. The molecule has 0 radical (unpaired) electrons. The van der Waals surface area contributed by atoms with Crippen LogP contribution >= 0.6 is 11.8 Å². The predicted octanol–water partition coefficient (Wildman–Crippen LogP) is 5.55. The van der Waals surface area contributed by atoms with Crippen LogP contribution in [-0.4, -0.2) is 50.5 Å². The molecule has 0 heterocycles. The Hall–Kier alpha value is -3.30. The number of aryl methyl sites for hydroxylation is 2. The molecule has 0 aliphatic heterocycles. The largest absolute Gasteiger partial charge is 0.354 e. The van der Waals surface area contributed by atoms with Gasteiger partial charge < -0.3 is 10.2 Å². The number of hydrogen-bond acceptors (Lipinski definition) is 5. The lowest BCUT2D eigenvalue weighted by molar-refractivity contribution is -0.139. The quantitative estimate of drug-likeness (QED) is 0.211. The Morgan fingerprint density at radius 2 is 1.62 bits per heavy atom. The van der Waals surface area contributed by atoms with Crippen LogP contribution in [0.25, 0.3) is 0 Å². The molecule has 0 saturated carbocycles. The summed E-state index contributed by atoms with van der Waals surface area (Å²) < 4.78 is 29.0. The van der Waals surface area contributed by atoms with Gasteiger partial charge in [-0.1, -0.05) is 60.9 Å². The highest BCUT2D eigenvalue weighted by atomic mass is 32.2. The first kappa shape index (κ1) is 31.2. The zero-order chi connectivity index (χ0) is 29.3. The van der Waals surface area contributed by atoms with Crippen molar-refractivity contribution in [2.24, 2.45) is 0 Å². The number of nitrogens with zero attached hydrogens (tertiary/aromatic N) is 2. The van der Waals surface area contributed by atoms with Crippen molar-refractivity contribution in [2.75, 3.05) is 23.7 Å². The van der Waals surface area contributed by atoms with Crippen molar-refractivity contribution >= 4 is 39.3 Å². The Morgan fingerprint density at radius 3 is 2.23 bits per heavy atom. The molecule has 1 N–H and O–H groups in total. The SMILES string of the molecule is CCCCNC(=O)[C@H](C)N(Cc1cccc(C)c1)C(=O)CN(c1ccc(C)cc1)S(=O)(=O)c1ccc(SC)cc1. The first-order valence-corrected chi connectivity index (χ1v) is 16.1. The van der Waals surface area contributed by atoms with Crippen molar-refractivity contribution in [3.8, 4) is 0 Å². The second-order valence-corrected chi connectivity index (χ2v) is 12.6. The normalized spacial score (nSPS) is 12.0. The summed E-state index contributed by atoms with van der Waals surface area (Å²) in [5.74, 6) is -0.739. The van der Waals surface area contributed by atoms with Crippen molar-refractivity contribution in [1.29, 1.82) is 0 Å². The van der Waals surface area contributed by atoms with Crippen LogP contribution < -0.4 is 9.62 Å². The molecular formula is C31H39N3O4S2. The minimum Gasteiger partial charge on any atom is -0.354 e. The van der Waals surface area contributed by atoms with Gasteiger partial charge in [0, 0.05) is 18.0 Å². The third kappa shape index (κ3) is 8.11. The maximum Gasteiger partial charge on any atom is 0.264 e. The van der Waals surface area contributed by atoms with E-state index in [1.54, 1.807) is 43.3 Å². The molecule has 0 spiro atoms.